The Hall–Kier alpha value is -0.465. The first-order valence-electron chi connectivity index (χ1n) is 6.39. The Morgan fingerprint density at radius 3 is 2.88 bits per heavy atom. The van der Waals surface area contributed by atoms with Crippen LogP contribution in [0.4, 0.5) is 0 Å². The van der Waals surface area contributed by atoms with Gasteiger partial charge in [0.05, 0.1) is 7.85 Å². The van der Waals surface area contributed by atoms with Crippen LogP contribution in [0.5, 0.6) is 0 Å². The van der Waals surface area contributed by atoms with Crippen molar-refractivity contribution in [1.82, 2.24) is 4.90 Å². The Bertz CT molecular complexity index is 230. The average Bonchev–Trinajstić information content (AvgIpc) is 2.34. The molecule has 0 aliphatic heterocycles. The Morgan fingerprint density at radius 2 is 2.25 bits per heavy atom. The number of rotatable bonds is 4. The molecular weight excluding hydrogens is 197 g/mol. The molecule has 3 heteroatoms. The first-order chi connectivity index (χ1) is 7.44. The van der Waals surface area contributed by atoms with Gasteiger partial charge in [0.15, 0.2) is 0 Å². The number of carbonyl (C=O) groups excluding carboxylic acids is 1. The summed E-state index contributed by atoms with van der Waals surface area (Å²) in [4.78, 5) is 12.3. The summed E-state index contributed by atoms with van der Waals surface area (Å²) in [6.45, 7) is 5.35. The highest BCUT2D eigenvalue weighted by molar-refractivity contribution is 6.14. The summed E-state index contributed by atoms with van der Waals surface area (Å²) in [5.74, 6) is 1.41. The highest BCUT2D eigenvalue weighted by Crippen LogP contribution is 2.43. The minimum absolute atomic E-state index is 0.00478. The lowest BCUT2D eigenvalue weighted by Gasteiger charge is -2.30. The van der Waals surface area contributed by atoms with Gasteiger partial charge in [-0.2, -0.15) is 0 Å². The maximum Gasteiger partial charge on any atom is 0.209 e. The highest BCUT2D eigenvalue weighted by atomic mass is 16.1. The van der Waals surface area contributed by atoms with Crippen molar-refractivity contribution >= 4 is 14.3 Å². The van der Waals surface area contributed by atoms with E-state index in [-0.39, 0.29) is 5.31 Å². The summed E-state index contributed by atoms with van der Waals surface area (Å²) < 4.78 is 0. The average molecular weight is 221 g/mol. The zero-order valence-corrected chi connectivity index (χ0v) is 10.9. The second-order valence-corrected chi connectivity index (χ2v) is 5.86. The molecule has 1 aliphatic carbocycles. The van der Waals surface area contributed by atoms with Gasteiger partial charge < -0.3 is 4.90 Å². The third-order valence-corrected chi connectivity index (χ3v) is 3.97. The van der Waals surface area contributed by atoms with E-state index in [2.05, 4.69) is 13.8 Å². The molecule has 0 bridgehead atoms. The van der Waals surface area contributed by atoms with Crippen molar-refractivity contribution in [1.29, 1.82) is 0 Å². The van der Waals surface area contributed by atoms with Crippen LogP contribution in [0.1, 0.15) is 46.0 Å². The summed E-state index contributed by atoms with van der Waals surface area (Å²) in [5, 5.41) is -0.00478. The summed E-state index contributed by atoms with van der Waals surface area (Å²) in [6, 6.07) is 0. The topological polar surface area (TPSA) is 20.3 Å². The van der Waals surface area contributed by atoms with Crippen molar-refractivity contribution in [3.05, 3.63) is 0 Å². The van der Waals surface area contributed by atoms with Crippen molar-refractivity contribution in [2.24, 2.45) is 11.8 Å². The van der Waals surface area contributed by atoms with Crippen molar-refractivity contribution in [2.75, 3.05) is 13.6 Å². The van der Waals surface area contributed by atoms with Gasteiger partial charge >= 0.3 is 0 Å². The third kappa shape index (κ3) is 4.19. The molecule has 2 radical (unpaired) electrons. The van der Waals surface area contributed by atoms with E-state index < -0.39 is 0 Å². The number of nitrogens with zero attached hydrogens (tertiary/aromatic N) is 1. The van der Waals surface area contributed by atoms with E-state index in [1.54, 1.807) is 4.90 Å². The minimum Gasteiger partial charge on any atom is -0.348 e. The van der Waals surface area contributed by atoms with Crippen molar-refractivity contribution in [3.63, 3.8) is 0 Å². The molecule has 0 N–H and O–H groups in total. The van der Waals surface area contributed by atoms with Gasteiger partial charge in [-0.1, -0.05) is 44.8 Å². The quantitative estimate of drug-likeness (QED) is 0.406. The molecular formula is C13H24BNO. The smallest absolute Gasteiger partial charge is 0.209 e. The Balaban J connectivity index is 2.50. The van der Waals surface area contributed by atoms with Crippen LogP contribution in [-0.2, 0) is 4.79 Å². The fourth-order valence-electron chi connectivity index (χ4n) is 2.77. The van der Waals surface area contributed by atoms with E-state index in [0.717, 1.165) is 38.1 Å². The van der Waals surface area contributed by atoms with E-state index >= 15 is 0 Å². The van der Waals surface area contributed by atoms with Crippen molar-refractivity contribution in [2.45, 2.75) is 51.3 Å². The molecule has 16 heavy (non-hydrogen) atoms. The zero-order chi connectivity index (χ0) is 12.2. The van der Waals surface area contributed by atoms with E-state index in [4.69, 9.17) is 7.85 Å². The van der Waals surface area contributed by atoms with E-state index in [1.807, 2.05) is 7.05 Å². The monoisotopic (exact) mass is 221 g/mol. The first kappa shape index (κ1) is 13.6. The largest absolute Gasteiger partial charge is 0.348 e. The second-order valence-electron chi connectivity index (χ2n) is 5.86. The molecule has 1 aliphatic rings. The van der Waals surface area contributed by atoms with Crippen molar-refractivity contribution < 1.29 is 4.79 Å². The van der Waals surface area contributed by atoms with Crippen LogP contribution in [0, 0.1) is 11.8 Å². The number of carbonyl (C=O) groups is 1. The molecule has 1 rings (SSSR count). The molecule has 3 atom stereocenters. The lowest BCUT2D eigenvalue weighted by atomic mass is 9.63. The Kier molecular flexibility index (Phi) is 4.88. The lowest BCUT2D eigenvalue weighted by Crippen LogP contribution is -2.24. The normalized spacial score (nSPS) is 35.4. The summed E-state index contributed by atoms with van der Waals surface area (Å²) in [7, 11) is 8.13. The van der Waals surface area contributed by atoms with Crippen molar-refractivity contribution in [3.8, 4) is 0 Å². The summed E-state index contributed by atoms with van der Waals surface area (Å²) in [5.41, 5.74) is 0. The van der Waals surface area contributed by atoms with Crippen LogP contribution in [0.15, 0.2) is 0 Å². The molecule has 1 amide bonds. The van der Waals surface area contributed by atoms with Crippen LogP contribution in [0.3, 0.4) is 0 Å². The molecule has 0 aromatic rings. The standard InChI is InChI=1S/C13H24BNO/c1-11-5-4-7-13(2,14)9-12(11)6-8-15(3)10-16/h10-12H,4-9H2,1-3H3. The van der Waals surface area contributed by atoms with Crippen LogP contribution >= 0.6 is 0 Å². The summed E-state index contributed by atoms with van der Waals surface area (Å²) in [6.07, 6.45) is 6.75. The fraction of sp³-hybridized carbons (Fsp3) is 0.923. The molecule has 0 heterocycles. The predicted molar refractivity (Wildman–Crippen MR) is 68.6 cm³/mol. The maximum atomic E-state index is 10.6. The van der Waals surface area contributed by atoms with E-state index in [9.17, 15) is 4.79 Å². The second kappa shape index (κ2) is 5.74. The van der Waals surface area contributed by atoms with Gasteiger partial charge in [0, 0.05) is 13.6 Å². The molecule has 1 fully saturated rings. The molecule has 0 saturated heterocycles. The van der Waals surface area contributed by atoms with E-state index in [1.165, 1.54) is 12.8 Å². The molecule has 0 aromatic heterocycles. The molecule has 90 valence electrons. The number of amides is 1. The van der Waals surface area contributed by atoms with Gasteiger partial charge in [0.25, 0.3) is 0 Å². The van der Waals surface area contributed by atoms with Crippen LogP contribution in [0.2, 0.25) is 5.31 Å². The molecule has 0 spiro atoms. The van der Waals surface area contributed by atoms with Gasteiger partial charge in [-0.15, -0.1) is 0 Å². The lowest BCUT2D eigenvalue weighted by molar-refractivity contribution is -0.117. The molecule has 1 saturated carbocycles. The number of hydrogen-bond donors (Lipinski definition) is 0. The van der Waals surface area contributed by atoms with Crippen LogP contribution < -0.4 is 0 Å². The highest BCUT2D eigenvalue weighted by Gasteiger charge is 2.29. The molecule has 0 aromatic carbocycles. The van der Waals surface area contributed by atoms with Gasteiger partial charge in [-0.05, 0) is 18.3 Å². The zero-order valence-electron chi connectivity index (χ0n) is 10.9. The van der Waals surface area contributed by atoms with Crippen LogP contribution in [-0.4, -0.2) is 32.7 Å². The van der Waals surface area contributed by atoms with Crippen LogP contribution in [0.25, 0.3) is 0 Å². The van der Waals surface area contributed by atoms with E-state index in [0.29, 0.717) is 5.92 Å². The number of hydrogen-bond acceptors (Lipinski definition) is 1. The Labute approximate surface area is 101 Å². The fourth-order valence-corrected chi connectivity index (χ4v) is 2.77. The maximum absolute atomic E-state index is 10.6. The SMILES string of the molecule is [B]C1(C)CCCC(C)C(CCN(C)C=O)C1. The summed E-state index contributed by atoms with van der Waals surface area (Å²) >= 11 is 0. The minimum atomic E-state index is -0.00478. The molecule has 2 nitrogen and oxygen atoms in total. The predicted octanol–water partition coefficient (Wildman–Crippen LogP) is 2.64. The van der Waals surface area contributed by atoms with Gasteiger partial charge in [-0.3, -0.25) is 4.79 Å². The third-order valence-electron chi connectivity index (χ3n) is 3.97. The van der Waals surface area contributed by atoms with Gasteiger partial charge in [0.2, 0.25) is 6.41 Å². The molecule has 3 unspecified atom stereocenters. The Morgan fingerprint density at radius 1 is 1.56 bits per heavy atom. The van der Waals surface area contributed by atoms with Gasteiger partial charge in [0.1, 0.15) is 0 Å². The first-order valence-corrected chi connectivity index (χ1v) is 6.39. The van der Waals surface area contributed by atoms with Gasteiger partial charge in [-0.25, -0.2) is 0 Å².